The average molecular weight is 226 g/mol. The van der Waals surface area contributed by atoms with Crippen LogP contribution in [0.3, 0.4) is 0 Å². The quantitative estimate of drug-likeness (QED) is 0.794. The molecule has 0 atom stereocenters. The van der Waals surface area contributed by atoms with Crippen LogP contribution in [0.4, 0.5) is 0 Å². The minimum atomic E-state index is -0.273. The molecule has 0 unspecified atom stereocenters. The fourth-order valence-electron chi connectivity index (χ4n) is 1.45. The number of aryl methyl sites for hydroxylation is 2. The summed E-state index contributed by atoms with van der Waals surface area (Å²) in [5.74, 6) is 0. The molecule has 2 rings (SSSR count). The molecule has 5 heteroatoms. The molecule has 0 radical (unpaired) electrons. The van der Waals surface area contributed by atoms with Crippen LogP contribution in [0.15, 0.2) is 23.3 Å². The second-order valence-electron chi connectivity index (χ2n) is 3.70. The lowest BCUT2D eigenvalue weighted by Crippen LogP contribution is -2.14. The Kier molecular flexibility index (Phi) is 2.71. The third kappa shape index (κ3) is 2.06. The highest BCUT2D eigenvalue weighted by molar-refractivity contribution is 5.59. The first-order valence-corrected chi connectivity index (χ1v) is 5.05. The van der Waals surface area contributed by atoms with E-state index in [9.17, 15) is 4.79 Å². The van der Waals surface area contributed by atoms with Crippen molar-refractivity contribution in [1.82, 2.24) is 15.0 Å². The van der Waals surface area contributed by atoms with Gasteiger partial charge in [0.15, 0.2) is 0 Å². The molecule has 0 aliphatic heterocycles. The summed E-state index contributed by atoms with van der Waals surface area (Å²) in [5, 5.41) is 8.78. The van der Waals surface area contributed by atoms with E-state index in [0.717, 1.165) is 11.4 Å². The van der Waals surface area contributed by atoms with E-state index in [4.69, 9.17) is 5.26 Å². The predicted molar refractivity (Wildman–Crippen MR) is 62.3 cm³/mol. The van der Waals surface area contributed by atoms with E-state index in [2.05, 4.69) is 15.0 Å². The van der Waals surface area contributed by atoms with Crippen LogP contribution in [0.5, 0.6) is 0 Å². The smallest absolute Gasteiger partial charge is 0.274 e. The van der Waals surface area contributed by atoms with E-state index in [1.165, 1.54) is 12.4 Å². The second kappa shape index (κ2) is 4.18. The summed E-state index contributed by atoms with van der Waals surface area (Å²) < 4.78 is 0. The number of hydrogen-bond acceptors (Lipinski definition) is 4. The fourth-order valence-corrected chi connectivity index (χ4v) is 1.45. The first-order chi connectivity index (χ1) is 8.11. The maximum Gasteiger partial charge on any atom is 0.274 e. The Balaban J connectivity index is 2.65. The summed E-state index contributed by atoms with van der Waals surface area (Å²) in [4.78, 5) is 22.6. The van der Waals surface area contributed by atoms with Crippen LogP contribution >= 0.6 is 0 Å². The summed E-state index contributed by atoms with van der Waals surface area (Å²) in [6, 6.07) is 3.58. The number of aromatic amines is 1. The number of nitriles is 1. The van der Waals surface area contributed by atoms with Gasteiger partial charge in [0, 0.05) is 23.7 Å². The normalized spacial score (nSPS) is 9.94. The molecule has 0 aliphatic carbocycles. The fraction of sp³-hybridized carbons (Fsp3) is 0.167. The molecular formula is C12H10N4O. The molecule has 2 heterocycles. The van der Waals surface area contributed by atoms with Crippen LogP contribution in [0.1, 0.15) is 17.0 Å². The van der Waals surface area contributed by atoms with Gasteiger partial charge in [-0.1, -0.05) is 0 Å². The SMILES string of the molecule is Cc1nc(-c2cncc(C#N)c2)c(=O)[nH]c1C. The van der Waals surface area contributed by atoms with Gasteiger partial charge in [0.2, 0.25) is 0 Å². The Morgan fingerprint density at radius 1 is 1.35 bits per heavy atom. The number of hydrogen-bond donors (Lipinski definition) is 1. The van der Waals surface area contributed by atoms with E-state index in [0.29, 0.717) is 11.1 Å². The summed E-state index contributed by atoms with van der Waals surface area (Å²) in [6.45, 7) is 3.60. The zero-order valence-corrected chi connectivity index (χ0v) is 9.48. The lowest BCUT2D eigenvalue weighted by Gasteiger charge is -2.03. The average Bonchev–Trinajstić information content (AvgIpc) is 2.34. The highest BCUT2D eigenvalue weighted by Crippen LogP contribution is 2.13. The van der Waals surface area contributed by atoms with E-state index < -0.39 is 0 Å². The van der Waals surface area contributed by atoms with E-state index in [-0.39, 0.29) is 11.3 Å². The molecule has 0 bridgehead atoms. The molecule has 1 N–H and O–H groups in total. The third-order valence-corrected chi connectivity index (χ3v) is 2.48. The minimum Gasteiger partial charge on any atom is -0.323 e. The van der Waals surface area contributed by atoms with Crippen molar-refractivity contribution in [2.45, 2.75) is 13.8 Å². The highest BCUT2D eigenvalue weighted by Gasteiger charge is 2.08. The molecular weight excluding hydrogens is 216 g/mol. The largest absolute Gasteiger partial charge is 0.323 e. The van der Waals surface area contributed by atoms with Gasteiger partial charge in [0.25, 0.3) is 5.56 Å². The van der Waals surface area contributed by atoms with Crippen molar-refractivity contribution in [2.75, 3.05) is 0 Å². The van der Waals surface area contributed by atoms with Gasteiger partial charge >= 0.3 is 0 Å². The van der Waals surface area contributed by atoms with Gasteiger partial charge in [-0.05, 0) is 19.9 Å². The molecule has 0 saturated heterocycles. The van der Waals surface area contributed by atoms with Crippen molar-refractivity contribution in [1.29, 1.82) is 5.26 Å². The molecule has 0 aliphatic rings. The maximum atomic E-state index is 11.8. The van der Waals surface area contributed by atoms with E-state index in [1.807, 2.05) is 13.0 Å². The van der Waals surface area contributed by atoms with Gasteiger partial charge in [-0.3, -0.25) is 9.78 Å². The molecule has 0 fully saturated rings. The van der Waals surface area contributed by atoms with Gasteiger partial charge in [-0.15, -0.1) is 0 Å². The number of pyridine rings is 1. The molecule has 0 amide bonds. The zero-order valence-electron chi connectivity index (χ0n) is 9.48. The standard InChI is InChI=1S/C12H10N4O/c1-7-8(2)16-12(17)11(15-7)10-3-9(4-13)5-14-6-10/h3,5-6H,1-2H3,(H,16,17). The van der Waals surface area contributed by atoms with Crippen molar-refractivity contribution in [3.05, 3.63) is 45.8 Å². The predicted octanol–water partition coefficient (Wildman–Crippen LogP) is 1.32. The molecule has 2 aromatic heterocycles. The second-order valence-corrected chi connectivity index (χ2v) is 3.70. The first-order valence-electron chi connectivity index (χ1n) is 5.05. The third-order valence-electron chi connectivity index (χ3n) is 2.48. The van der Waals surface area contributed by atoms with Gasteiger partial charge in [-0.25, -0.2) is 4.98 Å². The van der Waals surface area contributed by atoms with Crippen molar-refractivity contribution >= 4 is 0 Å². The summed E-state index contributed by atoms with van der Waals surface area (Å²) in [5.41, 5.74) is 2.46. The lowest BCUT2D eigenvalue weighted by molar-refractivity contribution is 1.02. The van der Waals surface area contributed by atoms with Crippen LogP contribution in [0.25, 0.3) is 11.3 Å². The number of nitrogens with one attached hydrogen (secondary N) is 1. The van der Waals surface area contributed by atoms with Crippen molar-refractivity contribution in [3.8, 4) is 17.3 Å². The van der Waals surface area contributed by atoms with Crippen LogP contribution in [0, 0.1) is 25.2 Å². The van der Waals surface area contributed by atoms with Crippen LogP contribution in [-0.4, -0.2) is 15.0 Å². The van der Waals surface area contributed by atoms with E-state index >= 15 is 0 Å². The van der Waals surface area contributed by atoms with E-state index in [1.54, 1.807) is 13.0 Å². The Hall–Kier alpha value is -2.48. The van der Waals surface area contributed by atoms with Gasteiger partial charge in [-0.2, -0.15) is 5.26 Å². The molecule has 84 valence electrons. The highest BCUT2D eigenvalue weighted by atomic mass is 16.1. The first kappa shape index (κ1) is 11.0. The molecule has 17 heavy (non-hydrogen) atoms. The van der Waals surface area contributed by atoms with Crippen molar-refractivity contribution in [3.63, 3.8) is 0 Å². The number of nitrogens with zero attached hydrogens (tertiary/aromatic N) is 3. The number of aromatic nitrogens is 3. The van der Waals surface area contributed by atoms with Gasteiger partial charge in [0.1, 0.15) is 11.8 Å². The summed E-state index contributed by atoms with van der Waals surface area (Å²) in [7, 11) is 0. The van der Waals surface area contributed by atoms with Gasteiger partial charge < -0.3 is 4.98 Å². The number of H-pyrrole nitrogens is 1. The van der Waals surface area contributed by atoms with Crippen molar-refractivity contribution in [2.24, 2.45) is 0 Å². The van der Waals surface area contributed by atoms with Crippen molar-refractivity contribution < 1.29 is 0 Å². The Labute approximate surface area is 97.8 Å². The molecule has 5 nitrogen and oxygen atoms in total. The monoisotopic (exact) mass is 226 g/mol. The summed E-state index contributed by atoms with van der Waals surface area (Å²) >= 11 is 0. The Morgan fingerprint density at radius 2 is 2.12 bits per heavy atom. The Bertz CT molecular complexity index is 667. The zero-order chi connectivity index (χ0) is 12.4. The van der Waals surface area contributed by atoms with Crippen LogP contribution in [-0.2, 0) is 0 Å². The number of rotatable bonds is 1. The van der Waals surface area contributed by atoms with Crippen LogP contribution in [0.2, 0.25) is 0 Å². The molecule has 0 saturated carbocycles. The molecule has 0 spiro atoms. The Morgan fingerprint density at radius 3 is 2.82 bits per heavy atom. The van der Waals surface area contributed by atoms with Gasteiger partial charge in [0.05, 0.1) is 11.3 Å². The molecule has 2 aromatic rings. The van der Waals surface area contributed by atoms with Crippen LogP contribution < -0.4 is 5.56 Å². The lowest BCUT2D eigenvalue weighted by atomic mass is 10.1. The topological polar surface area (TPSA) is 82.4 Å². The molecule has 0 aromatic carbocycles. The minimum absolute atomic E-state index is 0.273. The summed E-state index contributed by atoms with van der Waals surface area (Å²) in [6.07, 6.45) is 2.96. The maximum absolute atomic E-state index is 11.8.